The van der Waals surface area contributed by atoms with E-state index in [0.717, 1.165) is 24.8 Å². The smallest absolute Gasteiger partial charge is 0.349 e. The molecule has 35 heavy (non-hydrogen) atoms. The fraction of sp³-hybridized carbons (Fsp3) is 0.348. The lowest BCUT2D eigenvalue weighted by atomic mass is 10.0. The molecule has 3 heterocycles. The topological polar surface area (TPSA) is 113 Å². The van der Waals surface area contributed by atoms with E-state index in [-0.39, 0.29) is 23.8 Å². The van der Waals surface area contributed by atoms with Crippen molar-refractivity contribution in [1.29, 1.82) is 0 Å². The molecular weight excluding hydrogens is 465 g/mol. The number of urea groups is 1. The molecule has 0 bridgehead atoms. The van der Waals surface area contributed by atoms with Crippen molar-refractivity contribution in [3.05, 3.63) is 59.7 Å². The zero-order valence-electron chi connectivity index (χ0n) is 18.8. The van der Waals surface area contributed by atoms with Gasteiger partial charge in [-0.05, 0) is 68.1 Å². The van der Waals surface area contributed by atoms with Crippen LogP contribution < -0.4 is 10.6 Å². The van der Waals surface area contributed by atoms with Crippen molar-refractivity contribution < 1.29 is 27.3 Å². The molecule has 0 aliphatic carbocycles. The fourth-order valence-corrected chi connectivity index (χ4v) is 3.80. The molecule has 0 saturated carbocycles. The van der Waals surface area contributed by atoms with Crippen LogP contribution in [0.1, 0.15) is 41.2 Å². The number of nitrogens with zero attached hydrogens (tertiary/aromatic N) is 4. The van der Waals surface area contributed by atoms with E-state index in [4.69, 9.17) is 0 Å². The van der Waals surface area contributed by atoms with E-state index in [2.05, 4.69) is 30.3 Å². The lowest BCUT2D eigenvalue weighted by molar-refractivity contribution is -0.159. The molecule has 1 aromatic carbocycles. The van der Waals surface area contributed by atoms with Gasteiger partial charge < -0.3 is 20.1 Å². The van der Waals surface area contributed by atoms with Crippen LogP contribution in [0.15, 0.2) is 47.1 Å². The van der Waals surface area contributed by atoms with Gasteiger partial charge in [0.2, 0.25) is 5.82 Å². The number of benzene rings is 1. The number of pyridine rings is 1. The van der Waals surface area contributed by atoms with E-state index in [1.165, 1.54) is 12.1 Å². The Hall–Kier alpha value is -3.96. The van der Waals surface area contributed by atoms with Gasteiger partial charge in [0, 0.05) is 30.5 Å². The summed E-state index contributed by atoms with van der Waals surface area (Å²) >= 11 is 0. The molecule has 4 rings (SSSR count). The first-order valence-corrected chi connectivity index (χ1v) is 11.0. The van der Waals surface area contributed by atoms with Crippen LogP contribution in [-0.4, -0.2) is 51.1 Å². The molecule has 12 heteroatoms. The van der Waals surface area contributed by atoms with E-state index in [1.807, 2.05) is 6.92 Å². The van der Waals surface area contributed by atoms with Crippen LogP contribution in [0.25, 0.3) is 11.4 Å². The Morgan fingerprint density at radius 2 is 1.94 bits per heavy atom. The highest BCUT2D eigenvalue weighted by Gasteiger charge is 2.38. The molecule has 184 valence electrons. The minimum Gasteiger partial charge on any atom is -0.349 e. The molecule has 0 radical (unpaired) electrons. The van der Waals surface area contributed by atoms with E-state index in [0.29, 0.717) is 30.0 Å². The van der Waals surface area contributed by atoms with E-state index in [9.17, 15) is 22.8 Å². The quantitative estimate of drug-likeness (QED) is 0.555. The van der Waals surface area contributed by atoms with Crippen molar-refractivity contribution in [2.24, 2.45) is 0 Å². The largest absolute Gasteiger partial charge is 0.471 e. The molecular formula is C23H23F3N6O3. The Labute approximate surface area is 198 Å². The van der Waals surface area contributed by atoms with Crippen molar-refractivity contribution in [3.8, 4) is 11.4 Å². The molecule has 9 nitrogen and oxygen atoms in total. The summed E-state index contributed by atoms with van der Waals surface area (Å²) < 4.78 is 42.2. The number of rotatable bonds is 5. The van der Waals surface area contributed by atoms with Crippen molar-refractivity contribution in [3.63, 3.8) is 0 Å². The zero-order chi connectivity index (χ0) is 25.0. The molecule has 1 unspecified atom stereocenters. The summed E-state index contributed by atoms with van der Waals surface area (Å²) in [4.78, 5) is 34.5. The molecule has 1 fully saturated rings. The van der Waals surface area contributed by atoms with Gasteiger partial charge in [0.05, 0.1) is 6.04 Å². The summed E-state index contributed by atoms with van der Waals surface area (Å²) in [5.74, 6) is -1.93. The number of carbonyl (C=O) groups excluding carboxylic acids is 2. The number of nitrogens with one attached hydrogen (secondary N) is 2. The summed E-state index contributed by atoms with van der Waals surface area (Å²) in [6, 6.07) is 9.05. The standard InChI is InChI=1S/C23H23F3N6O3/c1-14-9-10-27-18(12-14)20(33)28-13-17-4-2-3-11-32(17)22(34)29-16-7-5-15(6-8-16)19-30-21(35-31-19)23(24,25)26/h5-10,12,17H,2-4,11,13H2,1H3,(H,28,33)(H,29,34). The SMILES string of the molecule is Cc1ccnc(C(=O)NCC2CCCCN2C(=O)Nc2ccc(-c3noc(C(F)(F)F)n3)cc2)c1. The van der Waals surface area contributed by atoms with E-state index >= 15 is 0 Å². The van der Waals surface area contributed by atoms with Crippen LogP contribution in [0.5, 0.6) is 0 Å². The number of hydrogen-bond donors (Lipinski definition) is 2. The number of anilines is 1. The van der Waals surface area contributed by atoms with Crippen molar-refractivity contribution in [1.82, 2.24) is 25.3 Å². The average Bonchev–Trinajstić information content (AvgIpc) is 3.34. The summed E-state index contributed by atoms with van der Waals surface area (Å²) in [7, 11) is 0. The molecule has 3 amide bonds. The second-order valence-electron chi connectivity index (χ2n) is 8.20. The van der Waals surface area contributed by atoms with Crippen LogP contribution in [0.2, 0.25) is 0 Å². The van der Waals surface area contributed by atoms with Gasteiger partial charge in [0.15, 0.2) is 0 Å². The third-order valence-electron chi connectivity index (χ3n) is 5.60. The maximum absolute atomic E-state index is 12.9. The van der Waals surface area contributed by atoms with Gasteiger partial charge in [0.1, 0.15) is 5.69 Å². The Morgan fingerprint density at radius 3 is 2.63 bits per heavy atom. The van der Waals surface area contributed by atoms with Crippen molar-refractivity contribution in [2.75, 3.05) is 18.4 Å². The minimum absolute atomic E-state index is 0.183. The van der Waals surface area contributed by atoms with Gasteiger partial charge in [-0.15, -0.1) is 0 Å². The summed E-state index contributed by atoms with van der Waals surface area (Å²) in [5, 5.41) is 9.00. The molecule has 1 saturated heterocycles. The minimum atomic E-state index is -4.72. The molecule has 3 aromatic rings. The third kappa shape index (κ3) is 5.94. The number of halogens is 3. The first kappa shape index (κ1) is 24.2. The Kier molecular flexibility index (Phi) is 6.99. The number of hydrogen-bond acceptors (Lipinski definition) is 6. The summed E-state index contributed by atoms with van der Waals surface area (Å²) in [5.41, 5.74) is 2.01. The van der Waals surface area contributed by atoms with Gasteiger partial charge in [-0.2, -0.15) is 18.2 Å². The number of aryl methyl sites for hydroxylation is 1. The second-order valence-corrected chi connectivity index (χ2v) is 8.20. The molecule has 1 aliphatic heterocycles. The molecule has 1 atom stereocenters. The monoisotopic (exact) mass is 488 g/mol. The summed E-state index contributed by atoms with van der Waals surface area (Å²) in [6.07, 6.45) is -0.626. The van der Waals surface area contributed by atoms with Gasteiger partial charge in [-0.25, -0.2) is 4.79 Å². The van der Waals surface area contributed by atoms with E-state index < -0.39 is 12.1 Å². The maximum atomic E-state index is 12.9. The lowest BCUT2D eigenvalue weighted by Gasteiger charge is -2.35. The lowest BCUT2D eigenvalue weighted by Crippen LogP contribution is -2.50. The van der Waals surface area contributed by atoms with Gasteiger partial charge >= 0.3 is 18.1 Å². The van der Waals surface area contributed by atoms with Crippen LogP contribution in [-0.2, 0) is 6.18 Å². The number of likely N-dealkylation sites (tertiary alicyclic amines) is 1. The number of aromatic nitrogens is 3. The average molecular weight is 488 g/mol. The first-order valence-electron chi connectivity index (χ1n) is 11.0. The Balaban J connectivity index is 1.36. The Bertz CT molecular complexity index is 1200. The van der Waals surface area contributed by atoms with E-state index in [1.54, 1.807) is 35.4 Å². The summed E-state index contributed by atoms with van der Waals surface area (Å²) in [6.45, 7) is 2.70. The number of piperidine rings is 1. The molecule has 0 spiro atoms. The molecule has 1 aliphatic rings. The normalized spacial score (nSPS) is 16.1. The third-order valence-corrected chi connectivity index (χ3v) is 5.60. The van der Waals surface area contributed by atoms with Crippen molar-refractivity contribution >= 4 is 17.6 Å². The van der Waals surface area contributed by atoms with Crippen LogP contribution >= 0.6 is 0 Å². The van der Waals surface area contributed by atoms with Crippen molar-refractivity contribution in [2.45, 2.75) is 38.4 Å². The predicted molar refractivity (Wildman–Crippen MR) is 119 cm³/mol. The number of amides is 3. The van der Waals surface area contributed by atoms with Crippen LogP contribution in [0, 0.1) is 6.92 Å². The van der Waals surface area contributed by atoms with Gasteiger partial charge in [0.25, 0.3) is 5.91 Å². The molecule has 2 N–H and O–H groups in total. The second kappa shape index (κ2) is 10.1. The number of carbonyl (C=O) groups is 2. The highest BCUT2D eigenvalue weighted by Crippen LogP contribution is 2.29. The fourth-order valence-electron chi connectivity index (χ4n) is 3.80. The Morgan fingerprint density at radius 1 is 1.17 bits per heavy atom. The zero-order valence-corrected chi connectivity index (χ0v) is 18.8. The predicted octanol–water partition coefficient (Wildman–Crippen LogP) is 4.28. The van der Waals surface area contributed by atoms with Gasteiger partial charge in [-0.3, -0.25) is 9.78 Å². The highest BCUT2D eigenvalue weighted by atomic mass is 19.4. The maximum Gasteiger partial charge on any atom is 0.471 e. The molecule has 2 aromatic heterocycles. The first-order chi connectivity index (χ1) is 16.7. The van der Waals surface area contributed by atoms with Crippen LogP contribution in [0.4, 0.5) is 23.7 Å². The highest BCUT2D eigenvalue weighted by molar-refractivity contribution is 5.92. The number of alkyl halides is 3. The van der Waals surface area contributed by atoms with Gasteiger partial charge in [-0.1, -0.05) is 5.16 Å². The van der Waals surface area contributed by atoms with Crippen LogP contribution in [0.3, 0.4) is 0 Å².